The number of allylic oxidation sites excluding steroid dienone is 1. The van der Waals surface area contributed by atoms with Crippen LogP contribution in [-0.4, -0.2) is 29.1 Å². The van der Waals surface area contributed by atoms with E-state index in [1.165, 1.54) is 0 Å². The average molecular weight is 299 g/mol. The molecule has 118 valence electrons. The van der Waals surface area contributed by atoms with Crippen molar-refractivity contribution >= 4 is 5.97 Å². The van der Waals surface area contributed by atoms with Crippen LogP contribution in [-0.2, 0) is 6.54 Å². The number of likely N-dealkylation sites (N-methyl/N-ethyl adjacent to an activating group) is 1. The van der Waals surface area contributed by atoms with E-state index in [1.54, 1.807) is 18.2 Å². The summed E-state index contributed by atoms with van der Waals surface area (Å²) in [6, 6.07) is 7.09. The molecular weight excluding hydrogens is 274 g/mol. The Morgan fingerprint density at radius 1 is 1.36 bits per heavy atom. The molecule has 3 heteroatoms. The molecule has 22 heavy (non-hydrogen) atoms. The van der Waals surface area contributed by atoms with Gasteiger partial charge in [0, 0.05) is 18.5 Å². The van der Waals surface area contributed by atoms with Crippen LogP contribution in [0.15, 0.2) is 36.4 Å². The summed E-state index contributed by atoms with van der Waals surface area (Å²) >= 11 is 0. The summed E-state index contributed by atoms with van der Waals surface area (Å²) in [7, 11) is 0. The number of nitrogens with zero attached hydrogens (tertiary/aromatic N) is 1. The van der Waals surface area contributed by atoms with Crippen LogP contribution < -0.4 is 0 Å². The summed E-state index contributed by atoms with van der Waals surface area (Å²) in [6.07, 6.45) is 3.94. The second-order valence-corrected chi connectivity index (χ2v) is 6.25. The molecule has 0 aliphatic carbocycles. The van der Waals surface area contributed by atoms with Gasteiger partial charge < -0.3 is 5.11 Å². The molecule has 1 N–H and O–H groups in total. The summed E-state index contributed by atoms with van der Waals surface area (Å²) in [5.41, 5.74) is 1.36. The molecular formula is C19H25NO2. The third kappa shape index (κ3) is 7.10. The second kappa shape index (κ2) is 8.41. The second-order valence-electron chi connectivity index (χ2n) is 6.25. The first kappa shape index (κ1) is 18.0. The normalized spacial score (nSPS) is 11.5. The Kier molecular flexibility index (Phi) is 6.88. The van der Waals surface area contributed by atoms with Gasteiger partial charge in [-0.05, 0) is 51.1 Å². The number of carboxylic acids is 1. The van der Waals surface area contributed by atoms with Crippen molar-refractivity contribution < 1.29 is 9.90 Å². The van der Waals surface area contributed by atoms with Crippen molar-refractivity contribution in [2.75, 3.05) is 13.1 Å². The van der Waals surface area contributed by atoms with Gasteiger partial charge in [0.1, 0.15) is 0 Å². The minimum absolute atomic E-state index is 0.0199. The molecule has 0 saturated heterocycles. The zero-order chi connectivity index (χ0) is 16.6. The van der Waals surface area contributed by atoms with Crippen molar-refractivity contribution in [1.82, 2.24) is 4.90 Å². The number of benzene rings is 1. The Hall–Kier alpha value is -2.05. The van der Waals surface area contributed by atoms with E-state index in [4.69, 9.17) is 5.11 Å². The van der Waals surface area contributed by atoms with Crippen LogP contribution in [0.5, 0.6) is 0 Å². The van der Waals surface area contributed by atoms with Gasteiger partial charge in [-0.3, -0.25) is 4.90 Å². The summed E-state index contributed by atoms with van der Waals surface area (Å²) in [4.78, 5) is 13.2. The number of carbonyl (C=O) groups is 1. The standard InChI is InChI=1S/C19H25NO2/c1-5-20(13-8-6-7-12-19(2,3)4)15-16-10-9-11-17(14-16)18(21)22/h6,8-11,14H,5,13,15H2,1-4H3,(H,21,22)/b8-6+. The van der Waals surface area contributed by atoms with Crippen molar-refractivity contribution in [2.45, 2.75) is 34.2 Å². The Balaban J connectivity index is 2.62. The zero-order valence-corrected chi connectivity index (χ0v) is 13.9. The molecule has 1 rings (SSSR count). The first-order valence-electron chi connectivity index (χ1n) is 7.54. The minimum atomic E-state index is -0.887. The lowest BCUT2D eigenvalue weighted by Crippen LogP contribution is -2.23. The predicted octanol–water partition coefficient (Wildman–Crippen LogP) is 3.81. The van der Waals surface area contributed by atoms with Crippen LogP contribution >= 0.6 is 0 Å². The maximum absolute atomic E-state index is 11.0. The highest BCUT2D eigenvalue weighted by Gasteiger charge is 2.06. The average Bonchev–Trinajstić information content (AvgIpc) is 2.44. The van der Waals surface area contributed by atoms with Crippen molar-refractivity contribution in [3.63, 3.8) is 0 Å². The highest BCUT2D eigenvalue weighted by Crippen LogP contribution is 2.10. The van der Waals surface area contributed by atoms with Gasteiger partial charge in [0.05, 0.1) is 5.56 Å². The Bertz CT molecular complexity index is 585. The highest BCUT2D eigenvalue weighted by molar-refractivity contribution is 5.87. The Morgan fingerprint density at radius 3 is 2.68 bits per heavy atom. The summed E-state index contributed by atoms with van der Waals surface area (Å²) in [5.74, 6) is 5.33. The SMILES string of the molecule is CCN(C/C=C/C#CC(C)(C)C)Cc1cccc(C(=O)O)c1. The molecule has 0 radical (unpaired) electrons. The third-order valence-electron chi connectivity index (χ3n) is 3.04. The number of aromatic carboxylic acids is 1. The van der Waals surface area contributed by atoms with E-state index in [-0.39, 0.29) is 5.41 Å². The van der Waals surface area contributed by atoms with Gasteiger partial charge in [0.15, 0.2) is 0 Å². The number of hydrogen-bond acceptors (Lipinski definition) is 2. The fourth-order valence-electron chi connectivity index (χ4n) is 1.89. The zero-order valence-electron chi connectivity index (χ0n) is 13.9. The van der Waals surface area contributed by atoms with Crippen molar-refractivity contribution in [3.8, 4) is 11.8 Å². The van der Waals surface area contributed by atoms with E-state index >= 15 is 0 Å². The highest BCUT2D eigenvalue weighted by atomic mass is 16.4. The lowest BCUT2D eigenvalue weighted by atomic mass is 9.98. The van der Waals surface area contributed by atoms with Gasteiger partial charge in [-0.15, -0.1) is 0 Å². The fourth-order valence-corrected chi connectivity index (χ4v) is 1.89. The van der Waals surface area contributed by atoms with Gasteiger partial charge in [-0.2, -0.15) is 0 Å². The topological polar surface area (TPSA) is 40.5 Å². The molecule has 0 aromatic heterocycles. The maximum Gasteiger partial charge on any atom is 0.335 e. The molecule has 0 unspecified atom stereocenters. The molecule has 0 atom stereocenters. The molecule has 0 aliphatic heterocycles. The lowest BCUT2D eigenvalue weighted by molar-refractivity contribution is 0.0696. The van der Waals surface area contributed by atoms with Crippen molar-refractivity contribution in [3.05, 3.63) is 47.5 Å². The molecule has 0 aliphatic rings. The summed E-state index contributed by atoms with van der Waals surface area (Å²) in [6.45, 7) is 10.8. The van der Waals surface area contributed by atoms with Gasteiger partial charge in [-0.1, -0.05) is 37.0 Å². The van der Waals surface area contributed by atoms with Gasteiger partial charge >= 0.3 is 5.97 Å². The van der Waals surface area contributed by atoms with Gasteiger partial charge in [0.25, 0.3) is 0 Å². The monoisotopic (exact) mass is 299 g/mol. The first-order chi connectivity index (χ1) is 10.3. The van der Waals surface area contributed by atoms with Crippen molar-refractivity contribution in [1.29, 1.82) is 0 Å². The number of carboxylic acid groups (broad SMARTS) is 1. The van der Waals surface area contributed by atoms with E-state index in [1.807, 2.05) is 18.2 Å². The molecule has 0 fully saturated rings. The third-order valence-corrected chi connectivity index (χ3v) is 3.04. The van der Waals surface area contributed by atoms with Gasteiger partial charge in [-0.25, -0.2) is 4.79 Å². The summed E-state index contributed by atoms with van der Waals surface area (Å²) in [5, 5.41) is 9.03. The Labute approximate surface area is 133 Å². The molecule has 1 aromatic rings. The molecule has 0 spiro atoms. The van der Waals surface area contributed by atoms with E-state index in [2.05, 4.69) is 44.4 Å². The molecule has 0 bridgehead atoms. The van der Waals surface area contributed by atoms with Crippen molar-refractivity contribution in [2.24, 2.45) is 5.41 Å². The minimum Gasteiger partial charge on any atom is -0.478 e. The number of hydrogen-bond donors (Lipinski definition) is 1. The maximum atomic E-state index is 11.0. The Morgan fingerprint density at radius 2 is 2.09 bits per heavy atom. The molecule has 0 saturated carbocycles. The van der Waals surface area contributed by atoms with Gasteiger partial charge in [0.2, 0.25) is 0 Å². The molecule has 0 amide bonds. The van der Waals surface area contributed by atoms with Crippen LogP contribution in [0.2, 0.25) is 0 Å². The quantitative estimate of drug-likeness (QED) is 0.812. The predicted molar refractivity (Wildman–Crippen MR) is 90.7 cm³/mol. The van der Waals surface area contributed by atoms with Crippen LogP contribution in [0.25, 0.3) is 0 Å². The molecule has 0 heterocycles. The number of rotatable bonds is 6. The van der Waals surface area contributed by atoms with E-state index in [9.17, 15) is 4.79 Å². The lowest BCUT2D eigenvalue weighted by Gasteiger charge is -2.18. The smallest absolute Gasteiger partial charge is 0.335 e. The van der Waals surface area contributed by atoms with E-state index < -0.39 is 5.97 Å². The summed E-state index contributed by atoms with van der Waals surface area (Å²) < 4.78 is 0. The van der Waals surface area contributed by atoms with E-state index in [0.717, 1.165) is 25.2 Å². The fraction of sp³-hybridized carbons (Fsp3) is 0.421. The first-order valence-corrected chi connectivity index (χ1v) is 7.54. The largest absolute Gasteiger partial charge is 0.478 e. The molecule has 3 nitrogen and oxygen atoms in total. The van der Waals surface area contributed by atoms with Crippen LogP contribution in [0, 0.1) is 17.3 Å². The molecule has 1 aromatic carbocycles. The van der Waals surface area contributed by atoms with Crippen LogP contribution in [0.3, 0.4) is 0 Å². The van der Waals surface area contributed by atoms with E-state index in [0.29, 0.717) is 5.56 Å². The van der Waals surface area contributed by atoms with Crippen LogP contribution in [0.4, 0.5) is 0 Å². The van der Waals surface area contributed by atoms with Crippen LogP contribution in [0.1, 0.15) is 43.6 Å².